The summed E-state index contributed by atoms with van der Waals surface area (Å²) < 4.78 is 5.18. The summed E-state index contributed by atoms with van der Waals surface area (Å²) in [4.78, 5) is 38.5. The van der Waals surface area contributed by atoms with Gasteiger partial charge in [0.2, 0.25) is 5.91 Å². The minimum absolute atomic E-state index is 0.0227. The van der Waals surface area contributed by atoms with E-state index in [0.29, 0.717) is 12.2 Å². The fraction of sp³-hybridized carbons (Fsp3) is 0.409. The predicted molar refractivity (Wildman–Crippen MR) is 106 cm³/mol. The number of anilines is 1. The van der Waals surface area contributed by atoms with Gasteiger partial charge in [0, 0.05) is 24.7 Å². The maximum atomic E-state index is 12.3. The summed E-state index contributed by atoms with van der Waals surface area (Å²) in [5.41, 5.74) is 0.656. The van der Waals surface area contributed by atoms with Crippen molar-refractivity contribution in [3.05, 3.63) is 42.5 Å². The van der Waals surface area contributed by atoms with Crippen molar-refractivity contribution in [1.82, 2.24) is 4.90 Å². The second-order valence-electron chi connectivity index (χ2n) is 7.60. The molecule has 1 saturated carbocycles. The van der Waals surface area contributed by atoms with E-state index in [1.165, 1.54) is 0 Å². The van der Waals surface area contributed by atoms with Crippen molar-refractivity contribution in [2.75, 3.05) is 18.5 Å². The van der Waals surface area contributed by atoms with Gasteiger partial charge in [-0.3, -0.25) is 14.4 Å². The van der Waals surface area contributed by atoms with Crippen molar-refractivity contribution in [3.8, 4) is 0 Å². The maximum absolute atomic E-state index is 12.3. The summed E-state index contributed by atoms with van der Waals surface area (Å²) in [6.45, 7) is 0.0639. The zero-order chi connectivity index (χ0) is 19.5. The van der Waals surface area contributed by atoms with Crippen LogP contribution in [0.2, 0.25) is 0 Å². The van der Waals surface area contributed by atoms with E-state index in [1.54, 1.807) is 0 Å². The Morgan fingerprint density at radius 2 is 1.82 bits per heavy atom. The van der Waals surface area contributed by atoms with Crippen LogP contribution in [0.5, 0.6) is 0 Å². The number of nitrogens with one attached hydrogen (secondary N) is 1. The summed E-state index contributed by atoms with van der Waals surface area (Å²) >= 11 is 0. The van der Waals surface area contributed by atoms with Gasteiger partial charge in [-0.05, 0) is 35.7 Å². The van der Waals surface area contributed by atoms with Gasteiger partial charge in [-0.2, -0.15) is 0 Å². The molecule has 2 fully saturated rings. The molecule has 2 aliphatic rings. The van der Waals surface area contributed by atoms with Crippen LogP contribution < -0.4 is 5.32 Å². The zero-order valence-corrected chi connectivity index (χ0v) is 15.7. The molecule has 28 heavy (non-hydrogen) atoms. The molecule has 1 aliphatic carbocycles. The van der Waals surface area contributed by atoms with Gasteiger partial charge >= 0.3 is 5.97 Å². The van der Waals surface area contributed by atoms with Gasteiger partial charge in [-0.25, -0.2) is 0 Å². The van der Waals surface area contributed by atoms with Crippen molar-refractivity contribution in [2.45, 2.75) is 38.1 Å². The molecule has 2 aromatic carbocycles. The monoisotopic (exact) mass is 380 g/mol. The number of ether oxygens (including phenoxy) is 1. The highest BCUT2D eigenvalue weighted by Crippen LogP contribution is 2.29. The zero-order valence-electron chi connectivity index (χ0n) is 15.7. The molecule has 0 bridgehead atoms. The lowest BCUT2D eigenvalue weighted by Gasteiger charge is -2.23. The van der Waals surface area contributed by atoms with Crippen molar-refractivity contribution in [1.29, 1.82) is 0 Å². The second kappa shape index (κ2) is 8.00. The van der Waals surface area contributed by atoms with Gasteiger partial charge < -0.3 is 15.0 Å². The summed E-state index contributed by atoms with van der Waals surface area (Å²) in [5, 5.41) is 4.86. The Kier molecular flexibility index (Phi) is 5.28. The van der Waals surface area contributed by atoms with Gasteiger partial charge in [0.1, 0.15) is 0 Å². The third kappa shape index (κ3) is 4.01. The quantitative estimate of drug-likeness (QED) is 0.809. The molecule has 0 aromatic heterocycles. The summed E-state index contributed by atoms with van der Waals surface area (Å²) in [6, 6.07) is 13.8. The number of esters is 1. The molecule has 1 N–H and O–H groups in total. The minimum Gasteiger partial charge on any atom is -0.455 e. The molecular formula is C22H24N2O4. The number of nitrogens with zero attached hydrogens (tertiary/aromatic N) is 1. The first-order valence-electron chi connectivity index (χ1n) is 9.85. The Bertz CT molecular complexity index is 904. The van der Waals surface area contributed by atoms with Crippen molar-refractivity contribution in [3.63, 3.8) is 0 Å². The van der Waals surface area contributed by atoms with E-state index >= 15 is 0 Å². The topological polar surface area (TPSA) is 75.7 Å². The summed E-state index contributed by atoms with van der Waals surface area (Å²) in [5.74, 6) is -1.31. The molecule has 1 saturated heterocycles. The Hall–Kier alpha value is -2.89. The Morgan fingerprint density at radius 1 is 1.07 bits per heavy atom. The third-order valence-electron chi connectivity index (χ3n) is 5.64. The third-order valence-corrected chi connectivity index (χ3v) is 5.64. The van der Waals surface area contributed by atoms with E-state index in [0.717, 1.165) is 36.5 Å². The molecule has 1 atom stereocenters. The Labute approximate surface area is 163 Å². The predicted octanol–water partition coefficient (Wildman–Crippen LogP) is 3.11. The van der Waals surface area contributed by atoms with Crippen LogP contribution in [0.4, 0.5) is 5.69 Å². The Balaban J connectivity index is 1.28. The fourth-order valence-corrected chi connectivity index (χ4v) is 4.18. The highest BCUT2D eigenvalue weighted by Gasteiger charge is 2.39. The van der Waals surface area contributed by atoms with E-state index in [4.69, 9.17) is 4.74 Å². The SMILES string of the molecule is O=C(COC(=O)[C@H]1CC(=O)N(C2CCCC2)C1)Nc1ccc2ccccc2c1. The van der Waals surface area contributed by atoms with E-state index in [9.17, 15) is 14.4 Å². The fourth-order valence-electron chi connectivity index (χ4n) is 4.18. The number of rotatable bonds is 5. The van der Waals surface area contributed by atoms with Crippen LogP contribution in [0, 0.1) is 5.92 Å². The maximum Gasteiger partial charge on any atom is 0.311 e. The molecule has 6 heteroatoms. The standard InChI is InChI=1S/C22H24N2O4/c25-20(23-18-10-9-15-5-1-2-6-16(15)11-18)14-28-22(27)17-12-21(26)24(13-17)19-7-3-4-8-19/h1-2,5-6,9-11,17,19H,3-4,7-8,12-14H2,(H,23,25)/t17-/m0/s1. The first-order chi connectivity index (χ1) is 13.6. The lowest BCUT2D eigenvalue weighted by molar-refractivity contribution is -0.151. The molecule has 2 aromatic rings. The highest BCUT2D eigenvalue weighted by atomic mass is 16.5. The number of likely N-dealkylation sites (tertiary alicyclic amines) is 1. The number of benzene rings is 2. The van der Waals surface area contributed by atoms with Crippen molar-refractivity contribution >= 4 is 34.2 Å². The number of hydrogen-bond acceptors (Lipinski definition) is 4. The van der Waals surface area contributed by atoms with Crippen LogP contribution in [0.25, 0.3) is 10.8 Å². The van der Waals surface area contributed by atoms with Gasteiger partial charge in [-0.15, -0.1) is 0 Å². The number of carbonyl (C=O) groups excluding carboxylic acids is 3. The number of carbonyl (C=O) groups is 3. The first kappa shape index (κ1) is 18.5. The molecule has 146 valence electrons. The van der Waals surface area contributed by atoms with Gasteiger partial charge in [0.25, 0.3) is 5.91 Å². The first-order valence-corrected chi connectivity index (χ1v) is 9.85. The molecule has 1 heterocycles. The minimum atomic E-state index is -0.471. The average molecular weight is 380 g/mol. The summed E-state index contributed by atoms with van der Waals surface area (Å²) in [6.07, 6.45) is 4.49. The number of hydrogen-bond donors (Lipinski definition) is 1. The molecule has 0 unspecified atom stereocenters. The van der Waals surface area contributed by atoms with Crippen LogP contribution in [0.3, 0.4) is 0 Å². The second-order valence-corrected chi connectivity index (χ2v) is 7.60. The molecule has 0 radical (unpaired) electrons. The molecule has 0 spiro atoms. The smallest absolute Gasteiger partial charge is 0.311 e. The molecule has 1 aliphatic heterocycles. The van der Waals surface area contributed by atoms with Crippen LogP contribution in [0.15, 0.2) is 42.5 Å². The van der Waals surface area contributed by atoms with Gasteiger partial charge in [-0.1, -0.05) is 43.2 Å². The van der Waals surface area contributed by atoms with E-state index < -0.39 is 11.9 Å². The molecule has 6 nitrogen and oxygen atoms in total. The van der Waals surface area contributed by atoms with Crippen molar-refractivity contribution in [2.24, 2.45) is 5.92 Å². The van der Waals surface area contributed by atoms with Crippen LogP contribution in [0.1, 0.15) is 32.1 Å². The largest absolute Gasteiger partial charge is 0.455 e. The van der Waals surface area contributed by atoms with Crippen molar-refractivity contribution < 1.29 is 19.1 Å². The lowest BCUT2D eigenvalue weighted by atomic mass is 10.1. The highest BCUT2D eigenvalue weighted by molar-refractivity contribution is 5.96. The van der Waals surface area contributed by atoms with Crippen LogP contribution in [-0.2, 0) is 19.1 Å². The summed E-state index contributed by atoms with van der Waals surface area (Å²) in [7, 11) is 0. The molecule has 4 rings (SSSR count). The number of fused-ring (bicyclic) bond motifs is 1. The Morgan fingerprint density at radius 3 is 2.61 bits per heavy atom. The van der Waals surface area contributed by atoms with E-state index in [2.05, 4.69) is 5.32 Å². The van der Waals surface area contributed by atoms with E-state index in [1.807, 2.05) is 47.4 Å². The average Bonchev–Trinajstić information content (AvgIpc) is 3.35. The van der Waals surface area contributed by atoms with Gasteiger partial charge in [0.15, 0.2) is 6.61 Å². The van der Waals surface area contributed by atoms with Gasteiger partial charge in [0.05, 0.1) is 5.92 Å². The lowest BCUT2D eigenvalue weighted by Crippen LogP contribution is -2.35. The number of amides is 2. The molecule has 2 amide bonds. The normalized spacial score (nSPS) is 19.9. The van der Waals surface area contributed by atoms with Crippen LogP contribution >= 0.6 is 0 Å². The molecular weight excluding hydrogens is 356 g/mol. The van der Waals surface area contributed by atoms with Crippen LogP contribution in [-0.4, -0.2) is 41.9 Å². The van der Waals surface area contributed by atoms with E-state index in [-0.39, 0.29) is 30.9 Å².